The number of aromatic amines is 1. The van der Waals surface area contributed by atoms with E-state index in [1.807, 2.05) is 13.8 Å². The zero-order chi connectivity index (χ0) is 17.3. The Bertz CT molecular complexity index is 964. The quantitative estimate of drug-likeness (QED) is 0.295. The van der Waals surface area contributed by atoms with E-state index in [2.05, 4.69) is 25.9 Å². The molecule has 0 bridgehead atoms. The number of aryl methyl sites for hydroxylation is 2. The highest BCUT2D eigenvalue weighted by Crippen LogP contribution is 2.27. The van der Waals surface area contributed by atoms with Crippen LogP contribution >= 0.6 is 39.0 Å². The molecule has 5 nitrogen and oxygen atoms in total. The molecule has 0 aliphatic rings. The van der Waals surface area contributed by atoms with Crippen molar-refractivity contribution in [2.24, 2.45) is 0 Å². The number of halogens is 1. The van der Waals surface area contributed by atoms with Gasteiger partial charge in [-0.1, -0.05) is 27.7 Å². The summed E-state index contributed by atoms with van der Waals surface area (Å²) in [5.74, 6) is 0.141. The average Bonchev–Trinajstić information content (AvgIpc) is 2.82. The lowest BCUT2D eigenvalue weighted by atomic mass is 10.2. The van der Waals surface area contributed by atoms with Crippen LogP contribution in [0.5, 0.6) is 5.75 Å². The number of carbonyl (C=O) groups is 1. The molecule has 8 heteroatoms. The van der Waals surface area contributed by atoms with Crippen molar-refractivity contribution in [2.75, 3.05) is 5.75 Å². The summed E-state index contributed by atoms with van der Waals surface area (Å²) in [6.45, 7) is 3.87. The predicted molar refractivity (Wildman–Crippen MR) is 100 cm³/mol. The van der Waals surface area contributed by atoms with E-state index in [1.165, 1.54) is 11.3 Å². The summed E-state index contributed by atoms with van der Waals surface area (Å²) in [6, 6.07) is 7.00. The van der Waals surface area contributed by atoms with Crippen LogP contribution < -0.4 is 10.3 Å². The monoisotopic (exact) mass is 424 g/mol. The molecule has 0 unspecified atom stereocenters. The minimum absolute atomic E-state index is 0.0633. The molecule has 2 heterocycles. The second kappa shape index (κ2) is 7.08. The summed E-state index contributed by atoms with van der Waals surface area (Å²) in [4.78, 5) is 33.0. The van der Waals surface area contributed by atoms with Gasteiger partial charge >= 0.3 is 5.97 Å². The third kappa shape index (κ3) is 3.71. The highest BCUT2D eigenvalue weighted by Gasteiger charge is 2.13. The highest BCUT2D eigenvalue weighted by atomic mass is 79.9. The number of H-pyrrole nitrogens is 1. The van der Waals surface area contributed by atoms with E-state index in [0.717, 1.165) is 26.7 Å². The number of rotatable bonds is 4. The fourth-order valence-electron chi connectivity index (χ4n) is 2.09. The van der Waals surface area contributed by atoms with Gasteiger partial charge in [0.1, 0.15) is 10.6 Å². The minimum Gasteiger partial charge on any atom is -0.426 e. The first kappa shape index (κ1) is 17.2. The molecule has 2 aromatic heterocycles. The molecule has 0 spiro atoms. The van der Waals surface area contributed by atoms with Gasteiger partial charge < -0.3 is 9.72 Å². The van der Waals surface area contributed by atoms with Crippen LogP contribution in [0.15, 0.2) is 38.7 Å². The van der Waals surface area contributed by atoms with E-state index in [0.29, 0.717) is 21.1 Å². The van der Waals surface area contributed by atoms with Crippen LogP contribution in [-0.4, -0.2) is 21.7 Å². The van der Waals surface area contributed by atoms with Gasteiger partial charge in [-0.15, -0.1) is 11.3 Å². The summed E-state index contributed by atoms with van der Waals surface area (Å²) in [5, 5.41) is 1.04. The fourth-order valence-corrected chi connectivity index (χ4v) is 4.08. The zero-order valence-electron chi connectivity index (χ0n) is 12.9. The minimum atomic E-state index is -0.399. The van der Waals surface area contributed by atoms with Gasteiger partial charge in [-0.05, 0) is 43.7 Å². The van der Waals surface area contributed by atoms with Crippen LogP contribution in [0.1, 0.15) is 10.4 Å². The van der Waals surface area contributed by atoms with Crippen LogP contribution in [0.3, 0.4) is 0 Å². The normalized spacial score (nSPS) is 11.0. The van der Waals surface area contributed by atoms with Gasteiger partial charge in [0, 0.05) is 9.35 Å². The standard InChI is InChI=1S/C16H13BrN2O3S2/c1-8-9(2)24-15-13(8)14(21)18-16(19-15)23-7-12(20)22-11-5-3-10(17)4-6-11/h3-6H,7H2,1-2H3,(H,18,19,21). The maximum absolute atomic E-state index is 12.2. The van der Waals surface area contributed by atoms with Crippen molar-refractivity contribution in [3.05, 3.63) is 49.5 Å². The largest absolute Gasteiger partial charge is 0.426 e. The maximum atomic E-state index is 12.2. The van der Waals surface area contributed by atoms with E-state index in [1.54, 1.807) is 24.3 Å². The van der Waals surface area contributed by atoms with E-state index < -0.39 is 5.97 Å². The summed E-state index contributed by atoms with van der Waals surface area (Å²) in [6.07, 6.45) is 0. The molecule has 0 atom stereocenters. The van der Waals surface area contributed by atoms with Crippen molar-refractivity contribution in [1.29, 1.82) is 0 Å². The lowest BCUT2D eigenvalue weighted by Crippen LogP contribution is -2.13. The van der Waals surface area contributed by atoms with Crippen molar-refractivity contribution in [1.82, 2.24) is 9.97 Å². The molecular weight excluding hydrogens is 412 g/mol. The molecule has 1 aromatic carbocycles. The molecule has 3 rings (SSSR count). The molecular formula is C16H13BrN2O3S2. The molecule has 0 aliphatic heterocycles. The Hall–Kier alpha value is -1.64. The molecule has 1 N–H and O–H groups in total. The molecule has 24 heavy (non-hydrogen) atoms. The molecule has 0 aliphatic carbocycles. The Morgan fingerprint density at radius 2 is 2.04 bits per heavy atom. The molecule has 3 aromatic rings. The molecule has 0 amide bonds. The van der Waals surface area contributed by atoms with Crippen LogP contribution in [0, 0.1) is 13.8 Å². The molecule has 0 saturated heterocycles. The number of esters is 1. The maximum Gasteiger partial charge on any atom is 0.321 e. The predicted octanol–water partition coefficient (Wildman–Crippen LogP) is 4.06. The number of thioether (sulfide) groups is 1. The number of hydrogen-bond acceptors (Lipinski definition) is 6. The Morgan fingerprint density at radius 3 is 2.75 bits per heavy atom. The Morgan fingerprint density at radius 1 is 1.33 bits per heavy atom. The molecule has 124 valence electrons. The number of aromatic nitrogens is 2. The number of benzene rings is 1. The lowest BCUT2D eigenvalue weighted by Gasteiger charge is -2.04. The van der Waals surface area contributed by atoms with Crippen molar-refractivity contribution in [2.45, 2.75) is 19.0 Å². The Balaban J connectivity index is 1.70. The van der Waals surface area contributed by atoms with Crippen LogP contribution in [0.4, 0.5) is 0 Å². The lowest BCUT2D eigenvalue weighted by molar-refractivity contribution is -0.131. The first-order valence-electron chi connectivity index (χ1n) is 7.03. The van der Waals surface area contributed by atoms with Crippen molar-refractivity contribution in [3.63, 3.8) is 0 Å². The van der Waals surface area contributed by atoms with E-state index >= 15 is 0 Å². The smallest absolute Gasteiger partial charge is 0.321 e. The number of carbonyl (C=O) groups excluding carboxylic acids is 1. The first-order chi connectivity index (χ1) is 11.4. The van der Waals surface area contributed by atoms with Crippen LogP contribution in [0.2, 0.25) is 0 Å². The van der Waals surface area contributed by atoms with Gasteiger partial charge in [-0.2, -0.15) is 0 Å². The van der Waals surface area contributed by atoms with E-state index in [9.17, 15) is 9.59 Å². The third-order valence-electron chi connectivity index (χ3n) is 3.39. The summed E-state index contributed by atoms with van der Waals surface area (Å²) in [5.41, 5.74) is 0.778. The van der Waals surface area contributed by atoms with Gasteiger partial charge in [-0.25, -0.2) is 4.98 Å². The number of nitrogens with zero attached hydrogens (tertiary/aromatic N) is 1. The summed E-state index contributed by atoms with van der Waals surface area (Å²) >= 11 is 5.95. The number of thiophene rings is 1. The third-order valence-corrected chi connectivity index (χ3v) is 5.87. The second-order valence-corrected chi connectivity index (χ2v) is 8.13. The topological polar surface area (TPSA) is 72.0 Å². The average molecular weight is 425 g/mol. The van der Waals surface area contributed by atoms with Gasteiger partial charge in [0.15, 0.2) is 5.16 Å². The second-order valence-electron chi connectivity index (χ2n) is 5.05. The zero-order valence-corrected chi connectivity index (χ0v) is 16.1. The van der Waals surface area contributed by atoms with Crippen LogP contribution in [-0.2, 0) is 4.79 Å². The van der Waals surface area contributed by atoms with Crippen LogP contribution in [0.25, 0.3) is 10.2 Å². The van der Waals surface area contributed by atoms with Gasteiger partial charge in [0.05, 0.1) is 11.1 Å². The van der Waals surface area contributed by atoms with Gasteiger partial charge in [0.2, 0.25) is 0 Å². The van der Waals surface area contributed by atoms with E-state index in [-0.39, 0.29) is 11.3 Å². The van der Waals surface area contributed by atoms with Crippen molar-refractivity contribution < 1.29 is 9.53 Å². The van der Waals surface area contributed by atoms with Gasteiger partial charge in [0.25, 0.3) is 5.56 Å². The summed E-state index contributed by atoms with van der Waals surface area (Å²) < 4.78 is 6.14. The van der Waals surface area contributed by atoms with E-state index in [4.69, 9.17) is 4.74 Å². The Kier molecular flexibility index (Phi) is 5.07. The van der Waals surface area contributed by atoms with Crippen molar-refractivity contribution >= 4 is 55.2 Å². The number of fused-ring (bicyclic) bond motifs is 1. The molecule has 0 radical (unpaired) electrons. The highest BCUT2D eigenvalue weighted by molar-refractivity contribution is 9.10. The van der Waals surface area contributed by atoms with Crippen molar-refractivity contribution in [3.8, 4) is 5.75 Å². The number of ether oxygens (including phenoxy) is 1. The fraction of sp³-hybridized carbons (Fsp3) is 0.188. The number of hydrogen-bond donors (Lipinski definition) is 1. The molecule has 0 saturated carbocycles. The first-order valence-corrected chi connectivity index (χ1v) is 9.62. The summed E-state index contributed by atoms with van der Waals surface area (Å²) in [7, 11) is 0. The Labute approximate surface area is 154 Å². The molecule has 0 fully saturated rings. The number of nitrogens with one attached hydrogen (secondary N) is 1. The van der Waals surface area contributed by atoms with Gasteiger partial charge in [-0.3, -0.25) is 9.59 Å². The SMILES string of the molecule is Cc1sc2nc(SCC(=O)Oc3ccc(Br)cc3)[nH]c(=O)c2c1C.